The van der Waals surface area contributed by atoms with Crippen molar-refractivity contribution in [1.82, 2.24) is 9.97 Å². The van der Waals surface area contributed by atoms with E-state index in [1.54, 1.807) is 7.11 Å². The van der Waals surface area contributed by atoms with Gasteiger partial charge < -0.3 is 4.74 Å². The number of nitrogens with zero attached hydrogens (tertiary/aromatic N) is 2. The Bertz CT molecular complexity index is 239. The molecule has 0 aromatic carbocycles. The molecule has 0 saturated carbocycles. The molecule has 4 heteroatoms. The van der Waals surface area contributed by atoms with Crippen LogP contribution in [0.4, 0.5) is 0 Å². The van der Waals surface area contributed by atoms with E-state index in [1.165, 1.54) is 6.33 Å². The van der Waals surface area contributed by atoms with Gasteiger partial charge in [-0.15, -0.1) is 0 Å². The molecule has 0 unspecified atom stereocenters. The second kappa shape index (κ2) is 2.96. The summed E-state index contributed by atoms with van der Waals surface area (Å²) in [4.78, 5) is 7.83. The van der Waals surface area contributed by atoms with E-state index in [9.17, 15) is 0 Å². The van der Waals surface area contributed by atoms with E-state index < -0.39 is 0 Å². The van der Waals surface area contributed by atoms with Gasteiger partial charge in [-0.2, -0.15) is 0 Å². The lowest BCUT2D eigenvalue weighted by Gasteiger charge is -2.01. The standard InChI is InChI=1S/C6H7BrN2O/c1-4-5(7)6(10-2)9-3-8-4/h3H,1-2H3. The van der Waals surface area contributed by atoms with Gasteiger partial charge in [0.25, 0.3) is 0 Å². The quantitative estimate of drug-likeness (QED) is 0.694. The number of ether oxygens (including phenoxy) is 1. The third-order valence-corrected chi connectivity index (χ3v) is 2.04. The molecule has 1 aromatic rings. The Morgan fingerprint density at radius 1 is 1.50 bits per heavy atom. The van der Waals surface area contributed by atoms with E-state index in [-0.39, 0.29) is 0 Å². The number of halogens is 1. The van der Waals surface area contributed by atoms with Crippen molar-refractivity contribution in [1.29, 1.82) is 0 Å². The number of methoxy groups -OCH3 is 1. The maximum Gasteiger partial charge on any atom is 0.231 e. The van der Waals surface area contributed by atoms with Gasteiger partial charge in [0.1, 0.15) is 10.8 Å². The minimum Gasteiger partial charge on any atom is -0.480 e. The van der Waals surface area contributed by atoms with Crippen molar-refractivity contribution >= 4 is 15.9 Å². The van der Waals surface area contributed by atoms with Crippen LogP contribution in [0.25, 0.3) is 0 Å². The lowest BCUT2D eigenvalue weighted by atomic mass is 10.4. The highest BCUT2D eigenvalue weighted by Crippen LogP contribution is 2.22. The molecule has 0 atom stereocenters. The number of hydrogen-bond donors (Lipinski definition) is 0. The fourth-order valence-electron chi connectivity index (χ4n) is 0.578. The first-order chi connectivity index (χ1) is 4.75. The number of aromatic nitrogens is 2. The second-order valence-electron chi connectivity index (χ2n) is 1.78. The number of aryl methyl sites for hydroxylation is 1. The summed E-state index contributed by atoms with van der Waals surface area (Å²) in [7, 11) is 1.58. The van der Waals surface area contributed by atoms with Crippen molar-refractivity contribution in [2.75, 3.05) is 7.11 Å². The van der Waals surface area contributed by atoms with Crippen LogP contribution >= 0.6 is 15.9 Å². The van der Waals surface area contributed by atoms with Gasteiger partial charge in [0.05, 0.1) is 12.8 Å². The molecule has 0 amide bonds. The van der Waals surface area contributed by atoms with E-state index in [1.807, 2.05) is 6.92 Å². The molecule has 0 saturated heterocycles. The fourth-order valence-corrected chi connectivity index (χ4v) is 0.945. The van der Waals surface area contributed by atoms with Gasteiger partial charge in [0.15, 0.2) is 0 Å². The Hall–Kier alpha value is -0.640. The van der Waals surface area contributed by atoms with E-state index in [0.717, 1.165) is 10.2 Å². The summed E-state index contributed by atoms with van der Waals surface area (Å²) in [5, 5.41) is 0. The van der Waals surface area contributed by atoms with Gasteiger partial charge >= 0.3 is 0 Å². The normalized spacial score (nSPS) is 9.50. The molecule has 1 heterocycles. The van der Waals surface area contributed by atoms with Gasteiger partial charge in [-0.1, -0.05) is 0 Å². The molecule has 1 aromatic heterocycles. The molecule has 54 valence electrons. The van der Waals surface area contributed by atoms with Crippen LogP contribution in [-0.4, -0.2) is 17.1 Å². The Labute approximate surface area is 67.6 Å². The number of hydrogen-bond acceptors (Lipinski definition) is 3. The van der Waals surface area contributed by atoms with Crippen molar-refractivity contribution in [3.05, 3.63) is 16.5 Å². The Morgan fingerprint density at radius 3 is 2.70 bits per heavy atom. The zero-order chi connectivity index (χ0) is 7.56. The van der Waals surface area contributed by atoms with E-state index in [4.69, 9.17) is 4.74 Å². The second-order valence-corrected chi connectivity index (χ2v) is 2.58. The molecule has 10 heavy (non-hydrogen) atoms. The minimum atomic E-state index is 0.576. The molecule has 0 fully saturated rings. The zero-order valence-electron chi connectivity index (χ0n) is 5.76. The Balaban J connectivity index is 3.14. The first kappa shape index (κ1) is 7.47. The van der Waals surface area contributed by atoms with E-state index >= 15 is 0 Å². The van der Waals surface area contributed by atoms with Crippen LogP contribution in [0, 0.1) is 6.92 Å². The minimum absolute atomic E-state index is 0.576. The van der Waals surface area contributed by atoms with Gasteiger partial charge in [0.2, 0.25) is 5.88 Å². The van der Waals surface area contributed by atoms with Crippen molar-refractivity contribution < 1.29 is 4.74 Å². The van der Waals surface area contributed by atoms with Crippen LogP contribution in [-0.2, 0) is 0 Å². The van der Waals surface area contributed by atoms with Crippen LogP contribution in [0.2, 0.25) is 0 Å². The summed E-state index contributed by atoms with van der Waals surface area (Å²) >= 11 is 3.29. The molecule has 0 aliphatic heterocycles. The summed E-state index contributed by atoms with van der Waals surface area (Å²) in [6.07, 6.45) is 1.47. The molecule has 3 nitrogen and oxygen atoms in total. The Morgan fingerprint density at radius 2 is 2.20 bits per heavy atom. The summed E-state index contributed by atoms with van der Waals surface area (Å²) in [5.41, 5.74) is 0.881. The largest absolute Gasteiger partial charge is 0.480 e. The predicted molar refractivity (Wildman–Crippen MR) is 41.0 cm³/mol. The summed E-state index contributed by atoms with van der Waals surface area (Å²) < 4.78 is 5.74. The molecule has 0 aliphatic carbocycles. The van der Waals surface area contributed by atoms with E-state index in [2.05, 4.69) is 25.9 Å². The van der Waals surface area contributed by atoms with Crippen LogP contribution < -0.4 is 4.74 Å². The SMILES string of the molecule is COc1ncnc(C)c1Br. The third-order valence-electron chi connectivity index (χ3n) is 1.13. The predicted octanol–water partition coefficient (Wildman–Crippen LogP) is 1.56. The smallest absolute Gasteiger partial charge is 0.231 e. The molecular formula is C6H7BrN2O. The summed E-state index contributed by atoms with van der Waals surface area (Å²) in [6.45, 7) is 1.88. The van der Waals surface area contributed by atoms with Crippen molar-refractivity contribution in [2.24, 2.45) is 0 Å². The average molecular weight is 203 g/mol. The highest BCUT2D eigenvalue weighted by Gasteiger charge is 2.02. The highest BCUT2D eigenvalue weighted by molar-refractivity contribution is 9.10. The molecule has 0 aliphatic rings. The van der Waals surface area contributed by atoms with Crippen LogP contribution in [0.1, 0.15) is 5.69 Å². The lowest BCUT2D eigenvalue weighted by molar-refractivity contribution is 0.393. The van der Waals surface area contributed by atoms with Gasteiger partial charge in [0, 0.05) is 0 Å². The van der Waals surface area contributed by atoms with Gasteiger partial charge in [-0.25, -0.2) is 9.97 Å². The van der Waals surface area contributed by atoms with Crippen LogP contribution in [0.3, 0.4) is 0 Å². The molecule has 0 radical (unpaired) electrons. The van der Waals surface area contributed by atoms with Crippen LogP contribution in [0.5, 0.6) is 5.88 Å². The maximum absolute atomic E-state index is 4.93. The van der Waals surface area contributed by atoms with Gasteiger partial charge in [-0.3, -0.25) is 0 Å². The molecule has 0 N–H and O–H groups in total. The van der Waals surface area contributed by atoms with Crippen LogP contribution in [0.15, 0.2) is 10.8 Å². The molecule has 1 rings (SSSR count). The maximum atomic E-state index is 4.93. The first-order valence-electron chi connectivity index (χ1n) is 2.76. The fraction of sp³-hybridized carbons (Fsp3) is 0.333. The monoisotopic (exact) mass is 202 g/mol. The zero-order valence-corrected chi connectivity index (χ0v) is 7.34. The van der Waals surface area contributed by atoms with Crippen molar-refractivity contribution in [3.8, 4) is 5.88 Å². The summed E-state index contributed by atoms with van der Waals surface area (Å²) in [5.74, 6) is 0.576. The molecular weight excluding hydrogens is 196 g/mol. The molecule has 0 bridgehead atoms. The van der Waals surface area contributed by atoms with Crippen molar-refractivity contribution in [3.63, 3.8) is 0 Å². The third kappa shape index (κ3) is 1.26. The van der Waals surface area contributed by atoms with Crippen molar-refractivity contribution in [2.45, 2.75) is 6.92 Å². The average Bonchev–Trinajstić information content (AvgIpc) is 1.95. The van der Waals surface area contributed by atoms with E-state index in [0.29, 0.717) is 5.88 Å². The number of rotatable bonds is 1. The first-order valence-corrected chi connectivity index (χ1v) is 3.56. The van der Waals surface area contributed by atoms with Gasteiger partial charge in [-0.05, 0) is 22.9 Å². The topological polar surface area (TPSA) is 35.0 Å². The summed E-state index contributed by atoms with van der Waals surface area (Å²) in [6, 6.07) is 0. The highest BCUT2D eigenvalue weighted by atomic mass is 79.9. The lowest BCUT2D eigenvalue weighted by Crippen LogP contribution is -1.92. The molecule has 0 spiro atoms. The Kier molecular flexibility index (Phi) is 2.21.